The summed E-state index contributed by atoms with van der Waals surface area (Å²) in [5.41, 5.74) is 0.991. The third kappa shape index (κ3) is 4.43. The van der Waals surface area contributed by atoms with Crippen LogP contribution in [0.3, 0.4) is 0 Å². The molecule has 1 amide bonds. The van der Waals surface area contributed by atoms with Crippen LogP contribution in [0.4, 0.5) is 10.1 Å². The second kappa shape index (κ2) is 6.97. The third-order valence-corrected chi connectivity index (χ3v) is 4.68. The molecule has 0 saturated carbocycles. The van der Waals surface area contributed by atoms with Crippen molar-refractivity contribution in [1.29, 1.82) is 0 Å². The minimum absolute atomic E-state index is 0.111. The van der Waals surface area contributed by atoms with E-state index in [-0.39, 0.29) is 23.0 Å². The molecular weight excluding hydrogens is 343 g/mol. The summed E-state index contributed by atoms with van der Waals surface area (Å²) in [5.74, 6) is -1.08. The van der Waals surface area contributed by atoms with Crippen molar-refractivity contribution in [1.82, 2.24) is 5.32 Å². The van der Waals surface area contributed by atoms with Gasteiger partial charge in [-0.05, 0) is 35.9 Å². The SMILES string of the molecule is CNC(=O)Cc1ccc(NS(=O)(=O)c2ccc(Cl)cc2F)cc1. The summed E-state index contributed by atoms with van der Waals surface area (Å²) in [6.45, 7) is 0. The van der Waals surface area contributed by atoms with Crippen LogP contribution in [0, 0.1) is 5.82 Å². The van der Waals surface area contributed by atoms with E-state index in [2.05, 4.69) is 10.0 Å². The standard InChI is InChI=1S/C15H14ClFN2O3S/c1-18-15(20)8-10-2-5-12(6-3-10)19-23(21,22)14-7-4-11(16)9-13(14)17/h2-7,9,19H,8H2,1H3,(H,18,20). The number of sulfonamides is 1. The summed E-state index contributed by atoms with van der Waals surface area (Å²) in [5, 5.41) is 2.61. The molecule has 0 aliphatic rings. The van der Waals surface area contributed by atoms with Crippen LogP contribution in [0.15, 0.2) is 47.4 Å². The zero-order chi connectivity index (χ0) is 17.0. The van der Waals surface area contributed by atoms with E-state index in [1.165, 1.54) is 25.2 Å². The molecule has 122 valence electrons. The highest BCUT2D eigenvalue weighted by Crippen LogP contribution is 2.22. The Morgan fingerprint density at radius 2 is 1.83 bits per heavy atom. The number of anilines is 1. The van der Waals surface area contributed by atoms with E-state index in [0.717, 1.165) is 17.7 Å². The van der Waals surface area contributed by atoms with Gasteiger partial charge in [-0.2, -0.15) is 0 Å². The Labute approximate surface area is 138 Å². The summed E-state index contributed by atoms with van der Waals surface area (Å²) in [7, 11) is -2.53. The summed E-state index contributed by atoms with van der Waals surface area (Å²) < 4.78 is 40.4. The fraction of sp³-hybridized carbons (Fsp3) is 0.133. The fourth-order valence-corrected chi connectivity index (χ4v) is 3.15. The number of likely N-dealkylation sites (N-methyl/N-ethyl adjacent to an activating group) is 1. The molecule has 0 spiro atoms. The number of nitrogens with one attached hydrogen (secondary N) is 2. The Bertz CT molecular complexity index is 823. The van der Waals surface area contributed by atoms with Gasteiger partial charge in [-0.25, -0.2) is 12.8 Å². The van der Waals surface area contributed by atoms with Crippen molar-refractivity contribution in [3.8, 4) is 0 Å². The highest BCUT2D eigenvalue weighted by atomic mass is 35.5. The van der Waals surface area contributed by atoms with Crippen LogP contribution in [0.2, 0.25) is 5.02 Å². The lowest BCUT2D eigenvalue weighted by Crippen LogP contribution is -2.20. The van der Waals surface area contributed by atoms with E-state index in [9.17, 15) is 17.6 Å². The second-order valence-corrected chi connectivity index (χ2v) is 6.81. The molecule has 0 saturated heterocycles. The Balaban J connectivity index is 2.19. The van der Waals surface area contributed by atoms with Crippen LogP contribution in [0.5, 0.6) is 0 Å². The van der Waals surface area contributed by atoms with Crippen LogP contribution in [-0.2, 0) is 21.2 Å². The van der Waals surface area contributed by atoms with Crippen LogP contribution >= 0.6 is 11.6 Å². The Kier molecular flexibility index (Phi) is 5.23. The zero-order valence-corrected chi connectivity index (χ0v) is 13.7. The number of carbonyl (C=O) groups is 1. The lowest BCUT2D eigenvalue weighted by atomic mass is 10.1. The molecule has 2 N–H and O–H groups in total. The van der Waals surface area contributed by atoms with Crippen molar-refractivity contribution in [2.24, 2.45) is 0 Å². The smallest absolute Gasteiger partial charge is 0.264 e. The molecule has 8 heteroatoms. The molecule has 0 aliphatic heterocycles. The van der Waals surface area contributed by atoms with Gasteiger partial charge in [0.15, 0.2) is 0 Å². The summed E-state index contributed by atoms with van der Waals surface area (Å²) in [4.78, 5) is 10.8. The molecule has 0 heterocycles. The van der Waals surface area contributed by atoms with Crippen LogP contribution in [0.25, 0.3) is 0 Å². The number of amides is 1. The topological polar surface area (TPSA) is 75.3 Å². The first-order chi connectivity index (χ1) is 10.8. The van der Waals surface area contributed by atoms with Crippen molar-refractivity contribution in [3.63, 3.8) is 0 Å². The molecule has 2 rings (SSSR count). The average Bonchev–Trinajstić information content (AvgIpc) is 2.48. The van der Waals surface area contributed by atoms with Crippen molar-refractivity contribution >= 4 is 33.2 Å². The fourth-order valence-electron chi connectivity index (χ4n) is 1.87. The Morgan fingerprint density at radius 3 is 2.39 bits per heavy atom. The number of carbonyl (C=O) groups excluding carboxylic acids is 1. The van der Waals surface area contributed by atoms with Gasteiger partial charge in [0.05, 0.1) is 6.42 Å². The first-order valence-corrected chi connectivity index (χ1v) is 8.45. The van der Waals surface area contributed by atoms with Gasteiger partial charge in [0, 0.05) is 17.8 Å². The van der Waals surface area contributed by atoms with Gasteiger partial charge in [-0.3, -0.25) is 9.52 Å². The van der Waals surface area contributed by atoms with Crippen LogP contribution < -0.4 is 10.0 Å². The van der Waals surface area contributed by atoms with Gasteiger partial charge < -0.3 is 5.32 Å². The zero-order valence-electron chi connectivity index (χ0n) is 12.1. The molecule has 23 heavy (non-hydrogen) atoms. The highest BCUT2D eigenvalue weighted by Gasteiger charge is 2.19. The van der Waals surface area contributed by atoms with Crippen LogP contribution in [0.1, 0.15) is 5.56 Å². The van der Waals surface area contributed by atoms with E-state index in [4.69, 9.17) is 11.6 Å². The molecule has 0 atom stereocenters. The van der Waals surface area contributed by atoms with E-state index >= 15 is 0 Å². The summed E-state index contributed by atoms with van der Waals surface area (Å²) in [6.07, 6.45) is 0.190. The first kappa shape index (κ1) is 17.2. The predicted molar refractivity (Wildman–Crippen MR) is 86.4 cm³/mol. The van der Waals surface area contributed by atoms with Crippen molar-refractivity contribution in [2.45, 2.75) is 11.3 Å². The van der Waals surface area contributed by atoms with E-state index in [0.29, 0.717) is 0 Å². The van der Waals surface area contributed by atoms with Gasteiger partial charge in [0.1, 0.15) is 10.7 Å². The predicted octanol–water partition coefficient (Wildman–Crippen LogP) is 2.57. The first-order valence-electron chi connectivity index (χ1n) is 6.59. The molecule has 0 bridgehead atoms. The molecule has 0 fully saturated rings. The van der Waals surface area contributed by atoms with Gasteiger partial charge in [-0.15, -0.1) is 0 Å². The van der Waals surface area contributed by atoms with E-state index < -0.39 is 20.7 Å². The molecule has 0 aromatic heterocycles. The monoisotopic (exact) mass is 356 g/mol. The maximum atomic E-state index is 13.7. The maximum absolute atomic E-state index is 13.7. The number of halogens is 2. The number of benzene rings is 2. The normalized spacial score (nSPS) is 11.1. The summed E-state index contributed by atoms with van der Waals surface area (Å²) >= 11 is 5.61. The van der Waals surface area contributed by atoms with Gasteiger partial charge in [0.25, 0.3) is 10.0 Å². The lowest BCUT2D eigenvalue weighted by Gasteiger charge is -2.10. The van der Waals surface area contributed by atoms with Crippen molar-refractivity contribution < 1.29 is 17.6 Å². The number of rotatable bonds is 5. The third-order valence-electron chi connectivity index (χ3n) is 3.03. The van der Waals surface area contributed by atoms with E-state index in [1.807, 2.05) is 0 Å². The quantitative estimate of drug-likeness (QED) is 0.864. The molecule has 5 nitrogen and oxygen atoms in total. The lowest BCUT2D eigenvalue weighted by molar-refractivity contribution is -0.119. The molecular formula is C15H14ClFN2O3S. The number of hydrogen-bond acceptors (Lipinski definition) is 3. The highest BCUT2D eigenvalue weighted by molar-refractivity contribution is 7.92. The van der Waals surface area contributed by atoms with Gasteiger partial charge in [-0.1, -0.05) is 23.7 Å². The average molecular weight is 357 g/mol. The van der Waals surface area contributed by atoms with Crippen LogP contribution in [-0.4, -0.2) is 21.4 Å². The molecule has 0 aliphatic carbocycles. The van der Waals surface area contributed by atoms with Crippen molar-refractivity contribution in [2.75, 3.05) is 11.8 Å². The largest absolute Gasteiger partial charge is 0.359 e. The number of hydrogen-bond donors (Lipinski definition) is 2. The molecule has 0 radical (unpaired) electrons. The maximum Gasteiger partial charge on any atom is 0.264 e. The minimum Gasteiger partial charge on any atom is -0.359 e. The van der Waals surface area contributed by atoms with Crippen molar-refractivity contribution in [3.05, 3.63) is 58.9 Å². The van der Waals surface area contributed by atoms with Gasteiger partial charge in [0.2, 0.25) is 5.91 Å². The molecule has 2 aromatic rings. The minimum atomic E-state index is -4.06. The Morgan fingerprint density at radius 1 is 1.17 bits per heavy atom. The molecule has 2 aromatic carbocycles. The second-order valence-electron chi connectivity index (χ2n) is 4.73. The van der Waals surface area contributed by atoms with Gasteiger partial charge >= 0.3 is 0 Å². The molecule has 0 unspecified atom stereocenters. The van der Waals surface area contributed by atoms with E-state index in [1.54, 1.807) is 12.1 Å². The summed E-state index contributed by atoms with van der Waals surface area (Å²) in [6, 6.07) is 9.57. The Hall–Kier alpha value is -2.12.